The number of unbranched alkanes of at least 4 members (excludes halogenated alkanes) is 1. The first-order valence-corrected chi connectivity index (χ1v) is 7.14. The fourth-order valence-corrected chi connectivity index (χ4v) is 2.40. The molecule has 100 valence electrons. The standard InChI is InChI=1S/C14H24N4/c1-3-4-9-15-13-10-14(17-11(2)16-13)18-12-7-5-6-8-12/h10,12H,3-9H2,1-2H3,(H2,15,16,17,18). The molecule has 1 aliphatic carbocycles. The number of rotatable bonds is 6. The fraction of sp³-hybridized carbons (Fsp3) is 0.714. The van der Waals surface area contributed by atoms with Crippen LogP contribution in [0.2, 0.25) is 0 Å². The van der Waals surface area contributed by atoms with Gasteiger partial charge in [-0.05, 0) is 26.2 Å². The molecule has 2 N–H and O–H groups in total. The van der Waals surface area contributed by atoms with Gasteiger partial charge in [-0.25, -0.2) is 9.97 Å². The van der Waals surface area contributed by atoms with Crippen LogP contribution < -0.4 is 10.6 Å². The Hall–Kier alpha value is -1.32. The van der Waals surface area contributed by atoms with Crippen LogP contribution in [0.15, 0.2) is 6.07 Å². The molecule has 4 heteroatoms. The monoisotopic (exact) mass is 248 g/mol. The zero-order chi connectivity index (χ0) is 12.8. The van der Waals surface area contributed by atoms with Crippen molar-refractivity contribution < 1.29 is 0 Å². The zero-order valence-electron chi connectivity index (χ0n) is 11.5. The summed E-state index contributed by atoms with van der Waals surface area (Å²) in [5.74, 6) is 2.74. The minimum Gasteiger partial charge on any atom is -0.370 e. The summed E-state index contributed by atoms with van der Waals surface area (Å²) in [6.07, 6.45) is 7.58. The lowest BCUT2D eigenvalue weighted by Crippen LogP contribution is -2.16. The summed E-state index contributed by atoms with van der Waals surface area (Å²) in [5.41, 5.74) is 0. The molecule has 0 aromatic carbocycles. The second kappa shape index (κ2) is 6.57. The van der Waals surface area contributed by atoms with Gasteiger partial charge in [-0.2, -0.15) is 0 Å². The van der Waals surface area contributed by atoms with Crippen molar-refractivity contribution in [3.05, 3.63) is 11.9 Å². The first kappa shape index (κ1) is 13.1. The maximum Gasteiger partial charge on any atom is 0.132 e. The highest BCUT2D eigenvalue weighted by Gasteiger charge is 2.15. The fourth-order valence-electron chi connectivity index (χ4n) is 2.40. The summed E-state index contributed by atoms with van der Waals surface area (Å²) in [6, 6.07) is 2.63. The van der Waals surface area contributed by atoms with Gasteiger partial charge in [0.15, 0.2) is 0 Å². The summed E-state index contributed by atoms with van der Waals surface area (Å²) >= 11 is 0. The van der Waals surface area contributed by atoms with Gasteiger partial charge in [-0.15, -0.1) is 0 Å². The molecule has 1 aliphatic rings. The van der Waals surface area contributed by atoms with Crippen molar-refractivity contribution in [2.75, 3.05) is 17.2 Å². The molecule has 0 amide bonds. The van der Waals surface area contributed by atoms with Gasteiger partial charge in [0.05, 0.1) is 0 Å². The highest BCUT2D eigenvalue weighted by atomic mass is 15.1. The molecule has 1 aromatic rings. The Morgan fingerprint density at radius 1 is 1.22 bits per heavy atom. The van der Waals surface area contributed by atoms with Gasteiger partial charge in [0, 0.05) is 18.7 Å². The molecule has 1 fully saturated rings. The first-order valence-electron chi connectivity index (χ1n) is 7.14. The smallest absolute Gasteiger partial charge is 0.132 e. The van der Waals surface area contributed by atoms with Crippen LogP contribution in [-0.2, 0) is 0 Å². The van der Waals surface area contributed by atoms with Gasteiger partial charge in [0.2, 0.25) is 0 Å². The van der Waals surface area contributed by atoms with E-state index in [0.717, 1.165) is 24.0 Å². The molecule has 0 atom stereocenters. The molecule has 0 radical (unpaired) electrons. The number of hydrogen-bond donors (Lipinski definition) is 2. The maximum absolute atomic E-state index is 4.46. The quantitative estimate of drug-likeness (QED) is 0.758. The molecule has 4 nitrogen and oxygen atoms in total. The van der Waals surface area contributed by atoms with Crippen LogP contribution in [0.4, 0.5) is 11.6 Å². The van der Waals surface area contributed by atoms with Gasteiger partial charge in [-0.3, -0.25) is 0 Å². The molecule has 0 bridgehead atoms. The Bertz CT molecular complexity index is 372. The Kier molecular flexibility index (Phi) is 4.79. The summed E-state index contributed by atoms with van der Waals surface area (Å²) in [5, 5.41) is 6.88. The summed E-state index contributed by atoms with van der Waals surface area (Å²) < 4.78 is 0. The van der Waals surface area contributed by atoms with Gasteiger partial charge in [-0.1, -0.05) is 26.2 Å². The van der Waals surface area contributed by atoms with E-state index in [0.29, 0.717) is 6.04 Å². The molecule has 0 saturated heterocycles. The van der Waals surface area contributed by atoms with E-state index in [1.54, 1.807) is 0 Å². The van der Waals surface area contributed by atoms with Crippen molar-refractivity contribution in [3.8, 4) is 0 Å². The van der Waals surface area contributed by atoms with Gasteiger partial charge >= 0.3 is 0 Å². The van der Waals surface area contributed by atoms with Crippen molar-refractivity contribution in [1.29, 1.82) is 0 Å². The summed E-state index contributed by atoms with van der Waals surface area (Å²) in [4.78, 5) is 8.88. The van der Waals surface area contributed by atoms with Crippen LogP contribution in [0.1, 0.15) is 51.3 Å². The molecule has 1 aromatic heterocycles. The Labute approximate surface area is 110 Å². The van der Waals surface area contributed by atoms with Gasteiger partial charge < -0.3 is 10.6 Å². The molecule has 0 spiro atoms. The topological polar surface area (TPSA) is 49.8 Å². The maximum atomic E-state index is 4.46. The number of hydrogen-bond acceptors (Lipinski definition) is 4. The molecule has 0 unspecified atom stereocenters. The Balaban J connectivity index is 1.96. The van der Waals surface area contributed by atoms with Crippen LogP contribution in [0.5, 0.6) is 0 Å². The third kappa shape index (κ3) is 3.86. The van der Waals surface area contributed by atoms with Crippen LogP contribution in [-0.4, -0.2) is 22.6 Å². The average molecular weight is 248 g/mol. The van der Waals surface area contributed by atoms with Crippen LogP contribution in [0.25, 0.3) is 0 Å². The zero-order valence-corrected chi connectivity index (χ0v) is 11.5. The molecular weight excluding hydrogens is 224 g/mol. The second-order valence-electron chi connectivity index (χ2n) is 5.09. The third-order valence-electron chi connectivity index (χ3n) is 3.38. The minimum absolute atomic E-state index is 0.600. The average Bonchev–Trinajstić information content (AvgIpc) is 2.81. The van der Waals surface area contributed by atoms with E-state index in [9.17, 15) is 0 Å². The van der Waals surface area contributed by atoms with Crippen molar-refractivity contribution in [2.24, 2.45) is 0 Å². The number of nitrogens with one attached hydrogen (secondary N) is 2. The van der Waals surface area contributed by atoms with E-state index in [2.05, 4.69) is 27.5 Å². The van der Waals surface area contributed by atoms with Crippen LogP contribution in [0.3, 0.4) is 0 Å². The number of aryl methyl sites for hydroxylation is 1. The molecule has 2 rings (SSSR count). The Morgan fingerprint density at radius 3 is 2.67 bits per heavy atom. The highest BCUT2D eigenvalue weighted by Crippen LogP contribution is 2.22. The lowest BCUT2D eigenvalue weighted by Gasteiger charge is -2.14. The van der Waals surface area contributed by atoms with Crippen LogP contribution >= 0.6 is 0 Å². The Morgan fingerprint density at radius 2 is 1.94 bits per heavy atom. The number of aromatic nitrogens is 2. The minimum atomic E-state index is 0.600. The third-order valence-corrected chi connectivity index (χ3v) is 3.38. The lowest BCUT2D eigenvalue weighted by atomic mass is 10.2. The SMILES string of the molecule is CCCCNc1cc(NC2CCCC2)nc(C)n1. The van der Waals surface area contributed by atoms with Crippen molar-refractivity contribution in [3.63, 3.8) is 0 Å². The molecule has 0 aliphatic heterocycles. The normalized spacial score (nSPS) is 15.9. The first-order chi connectivity index (χ1) is 8.78. The molecule has 18 heavy (non-hydrogen) atoms. The molecule has 1 saturated carbocycles. The number of nitrogens with zero attached hydrogens (tertiary/aromatic N) is 2. The van der Waals surface area contributed by atoms with Crippen molar-refractivity contribution in [2.45, 2.75) is 58.4 Å². The van der Waals surface area contributed by atoms with Gasteiger partial charge in [0.1, 0.15) is 17.5 Å². The van der Waals surface area contributed by atoms with E-state index >= 15 is 0 Å². The van der Waals surface area contributed by atoms with Crippen molar-refractivity contribution in [1.82, 2.24) is 9.97 Å². The van der Waals surface area contributed by atoms with E-state index < -0.39 is 0 Å². The summed E-state index contributed by atoms with van der Waals surface area (Å²) in [7, 11) is 0. The lowest BCUT2D eigenvalue weighted by molar-refractivity contribution is 0.748. The molecular formula is C14H24N4. The van der Waals surface area contributed by atoms with Crippen molar-refractivity contribution >= 4 is 11.6 Å². The molecule has 1 heterocycles. The summed E-state index contributed by atoms with van der Waals surface area (Å²) in [6.45, 7) is 5.13. The highest BCUT2D eigenvalue weighted by molar-refractivity contribution is 5.48. The number of anilines is 2. The largest absolute Gasteiger partial charge is 0.370 e. The van der Waals surface area contributed by atoms with Crippen LogP contribution in [0, 0.1) is 6.92 Å². The van der Waals surface area contributed by atoms with E-state index in [4.69, 9.17) is 0 Å². The van der Waals surface area contributed by atoms with E-state index in [1.165, 1.54) is 38.5 Å². The second-order valence-corrected chi connectivity index (χ2v) is 5.09. The predicted molar refractivity (Wildman–Crippen MR) is 76.0 cm³/mol. The van der Waals surface area contributed by atoms with E-state index in [1.807, 2.05) is 13.0 Å². The van der Waals surface area contributed by atoms with Gasteiger partial charge in [0.25, 0.3) is 0 Å². The predicted octanol–water partition coefficient (Wildman–Crippen LogP) is 3.35. The van der Waals surface area contributed by atoms with E-state index in [-0.39, 0.29) is 0 Å².